The van der Waals surface area contributed by atoms with Gasteiger partial charge in [-0.3, -0.25) is 4.90 Å². The van der Waals surface area contributed by atoms with Gasteiger partial charge in [0.2, 0.25) is 10.0 Å². The first-order valence-electron chi connectivity index (χ1n) is 9.45. The third kappa shape index (κ3) is 4.03. The predicted octanol–water partition coefficient (Wildman–Crippen LogP) is 1.44. The standard InChI is InChI=1S/C20H18FN5O6S/c1-31-18-14(21)6-13-16-11(7-23-17(13)25-18)8-24-20(28)26(16)9-10-3-4-15(33(22,29)30)12(5-10)19(27)32-2/h3-7H,8-9H2,1-2H3,(H,24,28)(H2,22,29,30). The first kappa shape index (κ1) is 22.4. The number of carbonyl (C=O) groups is 2. The van der Waals surface area contributed by atoms with Crippen LogP contribution in [0.15, 0.2) is 35.4 Å². The molecule has 11 nitrogen and oxygen atoms in total. The number of hydrogen-bond acceptors (Lipinski definition) is 8. The lowest BCUT2D eigenvalue weighted by Gasteiger charge is -2.31. The molecule has 33 heavy (non-hydrogen) atoms. The van der Waals surface area contributed by atoms with Gasteiger partial charge in [-0.25, -0.2) is 32.5 Å². The van der Waals surface area contributed by atoms with Crippen LogP contribution in [-0.4, -0.2) is 44.6 Å². The summed E-state index contributed by atoms with van der Waals surface area (Å²) < 4.78 is 47.7. The Kier molecular flexibility index (Phi) is 5.59. The number of hydrogen-bond donors (Lipinski definition) is 2. The molecule has 0 fully saturated rings. The average Bonchev–Trinajstić information content (AvgIpc) is 2.78. The number of benzene rings is 1. The lowest BCUT2D eigenvalue weighted by Crippen LogP contribution is -2.44. The topological polar surface area (TPSA) is 154 Å². The molecule has 2 amide bonds. The van der Waals surface area contributed by atoms with Crippen molar-refractivity contribution >= 4 is 38.7 Å². The second kappa shape index (κ2) is 8.26. The molecule has 2 aromatic heterocycles. The van der Waals surface area contributed by atoms with E-state index in [9.17, 15) is 22.4 Å². The summed E-state index contributed by atoms with van der Waals surface area (Å²) in [7, 11) is -1.82. The number of halogens is 1. The van der Waals surface area contributed by atoms with Gasteiger partial charge in [-0.05, 0) is 23.8 Å². The van der Waals surface area contributed by atoms with Crippen molar-refractivity contribution in [2.75, 3.05) is 19.1 Å². The van der Waals surface area contributed by atoms with E-state index in [1.165, 1.54) is 36.4 Å². The summed E-state index contributed by atoms with van der Waals surface area (Å²) in [6.07, 6.45) is 1.51. The largest absolute Gasteiger partial charge is 0.479 e. The molecule has 0 unspecified atom stereocenters. The summed E-state index contributed by atoms with van der Waals surface area (Å²) in [4.78, 5) is 34.1. The van der Waals surface area contributed by atoms with E-state index in [0.717, 1.165) is 13.2 Å². The molecular weight excluding hydrogens is 457 g/mol. The van der Waals surface area contributed by atoms with E-state index in [4.69, 9.17) is 9.88 Å². The fourth-order valence-electron chi connectivity index (χ4n) is 3.59. The number of ether oxygens (including phenoxy) is 2. The van der Waals surface area contributed by atoms with Crippen molar-refractivity contribution in [2.24, 2.45) is 5.14 Å². The Morgan fingerprint density at radius 2 is 2.06 bits per heavy atom. The number of nitrogens with zero attached hydrogens (tertiary/aromatic N) is 3. The fourth-order valence-corrected chi connectivity index (χ4v) is 4.30. The molecule has 0 saturated heterocycles. The van der Waals surface area contributed by atoms with Crippen molar-refractivity contribution in [1.29, 1.82) is 0 Å². The third-order valence-electron chi connectivity index (χ3n) is 5.06. The Hall–Kier alpha value is -3.84. The van der Waals surface area contributed by atoms with E-state index in [-0.39, 0.29) is 35.6 Å². The van der Waals surface area contributed by atoms with E-state index in [1.54, 1.807) is 0 Å². The van der Waals surface area contributed by atoms with E-state index in [1.807, 2.05) is 0 Å². The van der Waals surface area contributed by atoms with E-state index in [2.05, 4.69) is 20.0 Å². The van der Waals surface area contributed by atoms with E-state index in [0.29, 0.717) is 16.8 Å². The maximum Gasteiger partial charge on any atom is 0.339 e. The Balaban J connectivity index is 1.84. The van der Waals surface area contributed by atoms with Crippen molar-refractivity contribution in [3.8, 4) is 5.88 Å². The Morgan fingerprint density at radius 1 is 1.30 bits per heavy atom. The molecule has 13 heteroatoms. The summed E-state index contributed by atoms with van der Waals surface area (Å²) >= 11 is 0. The summed E-state index contributed by atoms with van der Waals surface area (Å²) in [5.41, 5.74) is 1.30. The van der Waals surface area contributed by atoms with Gasteiger partial charge in [-0.15, -0.1) is 0 Å². The molecular formula is C20H18FN5O6S. The summed E-state index contributed by atoms with van der Waals surface area (Å²) in [6, 6.07) is 4.55. The Bertz CT molecular complexity index is 1410. The number of pyridine rings is 2. The van der Waals surface area contributed by atoms with Crippen LogP contribution in [0.4, 0.5) is 14.9 Å². The lowest BCUT2D eigenvalue weighted by atomic mass is 10.1. The van der Waals surface area contributed by atoms with Crippen LogP contribution < -0.4 is 20.1 Å². The molecule has 4 rings (SSSR count). The van der Waals surface area contributed by atoms with Gasteiger partial charge in [0.05, 0.1) is 36.9 Å². The minimum atomic E-state index is -4.20. The second-order valence-electron chi connectivity index (χ2n) is 7.09. The molecule has 1 aliphatic heterocycles. The Labute approximate surface area is 187 Å². The number of fused-ring (bicyclic) bond motifs is 3. The number of carbonyl (C=O) groups excluding carboxylic acids is 2. The highest BCUT2D eigenvalue weighted by Gasteiger charge is 2.29. The molecule has 0 aliphatic carbocycles. The van der Waals surface area contributed by atoms with Crippen LogP contribution in [0.5, 0.6) is 5.88 Å². The number of anilines is 1. The van der Waals surface area contributed by atoms with Gasteiger partial charge in [0.25, 0.3) is 5.88 Å². The number of aromatic nitrogens is 2. The number of amides is 2. The smallest absolute Gasteiger partial charge is 0.339 e. The molecule has 0 atom stereocenters. The highest BCUT2D eigenvalue weighted by atomic mass is 32.2. The molecule has 3 N–H and O–H groups in total. The SMILES string of the molecule is COC(=O)c1cc(CN2C(=O)NCc3cnc4nc(OC)c(F)cc4c32)ccc1S(N)(=O)=O. The van der Waals surface area contributed by atoms with Crippen LogP contribution in [0, 0.1) is 5.82 Å². The number of esters is 1. The fraction of sp³-hybridized carbons (Fsp3) is 0.200. The van der Waals surface area contributed by atoms with Crippen LogP contribution >= 0.6 is 0 Å². The Morgan fingerprint density at radius 3 is 2.73 bits per heavy atom. The van der Waals surface area contributed by atoms with Crippen molar-refractivity contribution in [2.45, 2.75) is 18.0 Å². The predicted molar refractivity (Wildman–Crippen MR) is 114 cm³/mol. The second-order valence-corrected chi connectivity index (χ2v) is 8.62. The molecule has 1 aliphatic rings. The quantitative estimate of drug-likeness (QED) is 0.526. The number of primary sulfonamides is 1. The van der Waals surface area contributed by atoms with Crippen molar-refractivity contribution < 1.29 is 31.9 Å². The average molecular weight is 475 g/mol. The van der Waals surface area contributed by atoms with Crippen LogP contribution in [0.1, 0.15) is 21.5 Å². The van der Waals surface area contributed by atoms with Gasteiger partial charge in [0.1, 0.15) is 0 Å². The summed E-state index contributed by atoms with van der Waals surface area (Å²) in [5, 5.41) is 8.18. The monoisotopic (exact) mass is 475 g/mol. The van der Waals surface area contributed by atoms with Gasteiger partial charge in [0.15, 0.2) is 11.5 Å². The number of methoxy groups -OCH3 is 2. The maximum atomic E-state index is 14.4. The number of rotatable bonds is 5. The van der Waals surface area contributed by atoms with Gasteiger partial charge in [-0.2, -0.15) is 4.98 Å². The zero-order chi connectivity index (χ0) is 23.9. The minimum absolute atomic E-state index is 0.0828. The molecule has 3 aromatic rings. The highest BCUT2D eigenvalue weighted by molar-refractivity contribution is 7.89. The summed E-state index contributed by atoms with van der Waals surface area (Å²) in [5.74, 6) is -1.86. The van der Waals surface area contributed by atoms with Crippen LogP contribution in [0.3, 0.4) is 0 Å². The molecule has 0 spiro atoms. The number of nitrogens with two attached hydrogens (primary N) is 1. The molecule has 172 valence electrons. The van der Waals surface area contributed by atoms with Crippen molar-refractivity contribution in [1.82, 2.24) is 15.3 Å². The third-order valence-corrected chi connectivity index (χ3v) is 6.03. The van der Waals surface area contributed by atoms with Gasteiger partial charge in [-0.1, -0.05) is 6.07 Å². The molecule has 1 aromatic carbocycles. The molecule has 3 heterocycles. The summed E-state index contributed by atoms with van der Waals surface area (Å²) in [6.45, 7) is 0.0828. The highest BCUT2D eigenvalue weighted by Crippen LogP contribution is 2.34. The molecule has 0 saturated carbocycles. The zero-order valence-electron chi connectivity index (χ0n) is 17.5. The van der Waals surface area contributed by atoms with Gasteiger partial charge >= 0.3 is 12.0 Å². The van der Waals surface area contributed by atoms with Crippen molar-refractivity contribution in [3.05, 3.63) is 53.0 Å². The maximum absolute atomic E-state index is 14.4. The van der Waals surface area contributed by atoms with Gasteiger partial charge < -0.3 is 14.8 Å². The van der Waals surface area contributed by atoms with Gasteiger partial charge in [0, 0.05) is 23.7 Å². The molecule has 0 radical (unpaired) electrons. The lowest BCUT2D eigenvalue weighted by molar-refractivity contribution is 0.0596. The normalized spacial score (nSPS) is 13.5. The van der Waals surface area contributed by atoms with E-state index < -0.39 is 32.7 Å². The number of sulfonamides is 1. The van der Waals surface area contributed by atoms with Crippen LogP contribution in [-0.2, 0) is 27.8 Å². The van der Waals surface area contributed by atoms with Crippen LogP contribution in [0.2, 0.25) is 0 Å². The number of nitrogens with one attached hydrogen (secondary N) is 1. The first-order valence-corrected chi connectivity index (χ1v) is 11.0. The molecule has 0 bridgehead atoms. The zero-order valence-corrected chi connectivity index (χ0v) is 18.3. The number of urea groups is 1. The first-order chi connectivity index (χ1) is 15.6. The van der Waals surface area contributed by atoms with Crippen LogP contribution in [0.25, 0.3) is 11.0 Å². The van der Waals surface area contributed by atoms with E-state index >= 15 is 0 Å². The van der Waals surface area contributed by atoms with Crippen molar-refractivity contribution in [3.63, 3.8) is 0 Å². The minimum Gasteiger partial charge on any atom is -0.479 e.